The summed E-state index contributed by atoms with van der Waals surface area (Å²) in [6.07, 6.45) is 4.58. The van der Waals surface area contributed by atoms with Crippen molar-refractivity contribution in [2.24, 2.45) is 0 Å². The molecule has 1 nitrogen and oxygen atoms in total. The SMILES string of the molecule is Ic1[c]ncc(I)c1. The van der Waals surface area contributed by atoms with Crippen molar-refractivity contribution in [3.8, 4) is 0 Å². The highest BCUT2D eigenvalue weighted by molar-refractivity contribution is 14.1. The van der Waals surface area contributed by atoms with Gasteiger partial charge in [-0.05, 0) is 51.2 Å². The first-order valence-electron chi connectivity index (χ1n) is 1.98. The Morgan fingerprint density at radius 1 is 1.50 bits per heavy atom. The Bertz CT molecular complexity index is 170. The fourth-order valence-corrected chi connectivity index (χ4v) is 1.87. The van der Waals surface area contributed by atoms with Gasteiger partial charge in [-0.15, -0.1) is 0 Å². The zero-order valence-corrected chi connectivity index (χ0v) is 8.17. The summed E-state index contributed by atoms with van der Waals surface area (Å²) in [5.74, 6) is 0. The quantitative estimate of drug-likeness (QED) is 0.664. The van der Waals surface area contributed by atoms with Gasteiger partial charge in [0.15, 0.2) is 0 Å². The van der Waals surface area contributed by atoms with Gasteiger partial charge in [-0.2, -0.15) is 0 Å². The van der Waals surface area contributed by atoms with Crippen LogP contribution in [0.3, 0.4) is 0 Å². The number of rotatable bonds is 0. The molecule has 1 aromatic rings. The number of nitrogens with zero attached hydrogens (tertiary/aromatic N) is 1. The van der Waals surface area contributed by atoms with Gasteiger partial charge in [0.05, 0.1) is 0 Å². The van der Waals surface area contributed by atoms with E-state index in [1.54, 1.807) is 6.20 Å². The lowest BCUT2D eigenvalue weighted by Crippen LogP contribution is -1.76. The first kappa shape index (κ1) is 6.73. The van der Waals surface area contributed by atoms with Gasteiger partial charge in [0.2, 0.25) is 0 Å². The predicted octanol–water partition coefficient (Wildman–Crippen LogP) is 2.09. The van der Waals surface area contributed by atoms with Gasteiger partial charge in [0.1, 0.15) is 6.20 Å². The van der Waals surface area contributed by atoms with Gasteiger partial charge in [-0.3, -0.25) is 4.98 Å². The zero-order chi connectivity index (χ0) is 5.98. The van der Waals surface area contributed by atoms with Crippen molar-refractivity contribution in [2.45, 2.75) is 0 Å². The van der Waals surface area contributed by atoms with E-state index in [-0.39, 0.29) is 0 Å². The molecule has 1 rings (SSSR count). The third-order valence-corrected chi connectivity index (χ3v) is 1.77. The molecule has 3 heteroatoms. The average Bonchev–Trinajstić information content (AvgIpc) is 1.64. The molecule has 0 aliphatic carbocycles. The Labute approximate surface area is 75.2 Å². The van der Waals surface area contributed by atoms with Crippen molar-refractivity contribution in [3.63, 3.8) is 0 Å². The zero-order valence-electron chi connectivity index (χ0n) is 3.86. The van der Waals surface area contributed by atoms with Gasteiger partial charge < -0.3 is 0 Å². The van der Waals surface area contributed by atoms with Crippen molar-refractivity contribution < 1.29 is 0 Å². The van der Waals surface area contributed by atoms with Crippen LogP contribution >= 0.6 is 45.2 Å². The normalized spacial score (nSPS) is 9.25. The van der Waals surface area contributed by atoms with Crippen LogP contribution in [0.25, 0.3) is 0 Å². The first-order chi connectivity index (χ1) is 3.79. The van der Waals surface area contributed by atoms with E-state index < -0.39 is 0 Å². The molecule has 0 saturated heterocycles. The Kier molecular flexibility index (Phi) is 2.48. The van der Waals surface area contributed by atoms with Crippen LogP contribution in [0.2, 0.25) is 0 Å². The van der Waals surface area contributed by atoms with Crippen LogP contribution in [0.5, 0.6) is 0 Å². The maximum absolute atomic E-state index is 3.84. The van der Waals surface area contributed by atoms with Gasteiger partial charge in [-0.1, -0.05) is 0 Å². The molecule has 0 spiro atoms. The Hall–Kier alpha value is 0.610. The summed E-state index contributed by atoms with van der Waals surface area (Å²) >= 11 is 4.40. The van der Waals surface area contributed by atoms with E-state index >= 15 is 0 Å². The van der Waals surface area contributed by atoms with Crippen molar-refractivity contribution in [1.29, 1.82) is 0 Å². The van der Waals surface area contributed by atoms with Gasteiger partial charge in [0, 0.05) is 13.3 Å². The molecule has 0 aromatic carbocycles. The van der Waals surface area contributed by atoms with E-state index in [1.165, 1.54) is 0 Å². The third kappa shape index (κ3) is 1.85. The van der Waals surface area contributed by atoms with Crippen molar-refractivity contribution in [1.82, 2.24) is 4.98 Å². The summed E-state index contributed by atoms with van der Waals surface area (Å²) in [7, 11) is 0. The predicted molar refractivity (Wildman–Crippen MR) is 48.5 cm³/mol. The number of halogens is 2. The monoisotopic (exact) mass is 330 g/mol. The summed E-state index contributed by atoms with van der Waals surface area (Å²) in [5, 5.41) is 0. The molecule has 1 radical (unpaired) electrons. The number of aromatic nitrogens is 1. The standard InChI is InChI=1S/C5H2I2N/c6-4-1-5(7)3-8-2-4/h1-2H. The number of hydrogen-bond donors (Lipinski definition) is 0. The Morgan fingerprint density at radius 3 is 2.62 bits per heavy atom. The highest BCUT2D eigenvalue weighted by Gasteiger charge is 1.86. The highest BCUT2D eigenvalue weighted by Crippen LogP contribution is 2.05. The average molecular weight is 330 g/mol. The van der Waals surface area contributed by atoms with Crippen molar-refractivity contribution in [3.05, 3.63) is 25.6 Å². The lowest BCUT2D eigenvalue weighted by atomic mass is 10.5. The van der Waals surface area contributed by atoms with E-state index in [0.29, 0.717) is 0 Å². The van der Waals surface area contributed by atoms with Crippen LogP contribution in [0.15, 0.2) is 12.3 Å². The molecule has 0 aliphatic rings. The molecule has 0 fully saturated rings. The number of pyridine rings is 1. The molecular formula is C5H2I2N. The minimum absolute atomic E-state index is 1.06. The van der Waals surface area contributed by atoms with E-state index in [0.717, 1.165) is 7.14 Å². The second-order valence-corrected chi connectivity index (χ2v) is 3.65. The molecule has 8 heavy (non-hydrogen) atoms. The van der Waals surface area contributed by atoms with Crippen LogP contribution in [-0.4, -0.2) is 4.98 Å². The number of hydrogen-bond acceptors (Lipinski definition) is 1. The third-order valence-electron chi connectivity index (χ3n) is 0.624. The summed E-state index contributed by atoms with van der Waals surface area (Å²) in [6.45, 7) is 0. The van der Waals surface area contributed by atoms with Crippen molar-refractivity contribution >= 4 is 45.2 Å². The topological polar surface area (TPSA) is 12.9 Å². The Balaban J connectivity index is 3.08. The molecule has 0 unspecified atom stereocenters. The fourth-order valence-electron chi connectivity index (χ4n) is 0.346. The summed E-state index contributed by atoms with van der Waals surface area (Å²) in [4.78, 5) is 3.84. The molecule has 0 saturated carbocycles. The second kappa shape index (κ2) is 2.95. The molecule has 0 amide bonds. The fraction of sp³-hybridized carbons (Fsp3) is 0. The van der Waals surface area contributed by atoms with Crippen LogP contribution in [-0.2, 0) is 0 Å². The van der Waals surface area contributed by atoms with E-state index in [1.807, 2.05) is 6.07 Å². The van der Waals surface area contributed by atoms with Gasteiger partial charge in [0.25, 0.3) is 0 Å². The molecular weight excluding hydrogens is 328 g/mol. The molecule has 0 N–H and O–H groups in total. The highest BCUT2D eigenvalue weighted by atomic mass is 127. The van der Waals surface area contributed by atoms with E-state index in [2.05, 4.69) is 56.4 Å². The van der Waals surface area contributed by atoms with Crippen LogP contribution < -0.4 is 0 Å². The molecule has 0 atom stereocenters. The van der Waals surface area contributed by atoms with Crippen LogP contribution in [0, 0.1) is 13.3 Å². The van der Waals surface area contributed by atoms with E-state index in [9.17, 15) is 0 Å². The minimum Gasteiger partial charge on any atom is -0.252 e. The Morgan fingerprint density at radius 2 is 2.25 bits per heavy atom. The molecule has 0 bridgehead atoms. The first-order valence-corrected chi connectivity index (χ1v) is 4.13. The lowest BCUT2D eigenvalue weighted by molar-refractivity contribution is 1.27. The van der Waals surface area contributed by atoms with Crippen LogP contribution in [0.4, 0.5) is 0 Å². The summed E-state index contributed by atoms with van der Waals surface area (Å²) < 4.78 is 2.22. The largest absolute Gasteiger partial charge is 0.252 e. The molecule has 0 aliphatic heterocycles. The maximum Gasteiger partial charge on any atom is 0.103 e. The summed E-state index contributed by atoms with van der Waals surface area (Å²) in [5.41, 5.74) is 0. The van der Waals surface area contributed by atoms with Gasteiger partial charge >= 0.3 is 0 Å². The maximum atomic E-state index is 3.84. The molecule has 1 heterocycles. The smallest absolute Gasteiger partial charge is 0.103 e. The van der Waals surface area contributed by atoms with Crippen molar-refractivity contribution in [2.75, 3.05) is 0 Å². The lowest BCUT2D eigenvalue weighted by Gasteiger charge is -1.85. The summed E-state index contributed by atoms with van der Waals surface area (Å²) in [6, 6.07) is 2.02. The van der Waals surface area contributed by atoms with Crippen LogP contribution in [0.1, 0.15) is 0 Å². The molecule has 41 valence electrons. The van der Waals surface area contributed by atoms with Gasteiger partial charge in [-0.25, -0.2) is 0 Å². The molecule has 1 aromatic heterocycles. The minimum atomic E-state index is 1.06. The second-order valence-electron chi connectivity index (χ2n) is 1.25. The van der Waals surface area contributed by atoms with E-state index in [4.69, 9.17) is 0 Å².